The van der Waals surface area contributed by atoms with E-state index in [2.05, 4.69) is 4.74 Å². The lowest BCUT2D eigenvalue weighted by atomic mass is 9.94. The molecule has 0 rings (SSSR count). The SMILES string of the molecule is COC(=O)[C@@H](CC(=O)O)CC(C)C. The molecule has 0 saturated heterocycles. The zero-order valence-electron chi connectivity index (χ0n) is 8.24. The Kier molecular flexibility index (Phi) is 5.11. The molecule has 13 heavy (non-hydrogen) atoms. The summed E-state index contributed by atoms with van der Waals surface area (Å²) < 4.78 is 4.51. The summed E-state index contributed by atoms with van der Waals surface area (Å²) in [5, 5.41) is 8.53. The maximum atomic E-state index is 11.1. The van der Waals surface area contributed by atoms with Crippen LogP contribution in [0.5, 0.6) is 0 Å². The molecule has 0 spiro atoms. The van der Waals surface area contributed by atoms with E-state index in [0.717, 1.165) is 0 Å². The number of carboxylic acid groups (broad SMARTS) is 1. The molecule has 0 aromatic heterocycles. The maximum absolute atomic E-state index is 11.1. The molecule has 4 heteroatoms. The topological polar surface area (TPSA) is 63.6 Å². The standard InChI is InChI=1S/C9H16O4/c1-6(2)4-7(5-8(10)11)9(12)13-3/h6-7H,4-5H2,1-3H3,(H,10,11)/t7-/m1/s1. The number of ether oxygens (including phenoxy) is 1. The Morgan fingerprint density at radius 3 is 2.23 bits per heavy atom. The van der Waals surface area contributed by atoms with Crippen molar-refractivity contribution in [1.82, 2.24) is 0 Å². The van der Waals surface area contributed by atoms with Crippen molar-refractivity contribution in [3.8, 4) is 0 Å². The highest BCUT2D eigenvalue weighted by Gasteiger charge is 2.23. The van der Waals surface area contributed by atoms with E-state index in [1.165, 1.54) is 7.11 Å². The van der Waals surface area contributed by atoms with Crippen molar-refractivity contribution in [3.63, 3.8) is 0 Å². The normalized spacial score (nSPS) is 12.6. The van der Waals surface area contributed by atoms with Crippen LogP contribution in [0.3, 0.4) is 0 Å². The predicted molar refractivity (Wildman–Crippen MR) is 47.2 cm³/mol. The third-order valence-electron chi connectivity index (χ3n) is 1.71. The number of aliphatic carboxylic acids is 1. The van der Waals surface area contributed by atoms with Crippen molar-refractivity contribution >= 4 is 11.9 Å². The summed E-state index contributed by atoms with van der Waals surface area (Å²) in [6.45, 7) is 3.88. The smallest absolute Gasteiger partial charge is 0.309 e. The summed E-state index contributed by atoms with van der Waals surface area (Å²) in [6, 6.07) is 0. The molecular formula is C9H16O4. The molecule has 0 amide bonds. The molecule has 4 nitrogen and oxygen atoms in total. The molecule has 0 heterocycles. The van der Waals surface area contributed by atoms with Crippen LogP contribution in [-0.2, 0) is 14.3 Å². The molecule has 0 aliphatic carbocycles. The second-order valence-electron chi connectivity index (χ2n) is 3.45. The minimum absolute atomic E-state index is 0.148. The first kappa shape index (κ1) is 11.9. The van der Waals surface area contributed by atoms with Gasteiger partial charge in [-0.05, 0) is 12.3 Å². The molecule has 0 radical (unpaired) electrons. The second kappa shape index (κ2) is 5.56. The highest BCUT2D eigenvalue weighted by atomic mass is 16.5. The number of hydrogen-bond acceptors (Lipinski definition) is 3. The van der Waals surface area contributed by atoms with Gasteiger partial charge in [-0.3, -0.25) is 9.59 Å². The van der Waals surface area contributed by atoms with Gasteiger partial charge >= 0.3 is 11.9 Å². The van der Waals surface area contributed by atoms with Crippen LogP contribution < -0.4 is 0 Å². The zero-order chi connectivity index (χ0) is 10.4. The molecule has 1 atom stereocenters. The molecule has 0 unspecified atom stereocenters. The third-order valence-corrected chi connectivity index (χ3v) is 1.71. The van der Waals surface area contributed by atoms with Crippen LogP contribution in [0.4, 0.5) is 0 Å². The predicted octanol–water partition coefficient (Wildman–Crippen LogP) is 1.30. The van der Waals surface area contributed by atoms with Crippen molar-refractivity contribution in [1.29, 1.82) is 0 Å². The summed E-state index contributed by atoms with van der Waals surface area (Å²) in [7, 11) is 1.28. The van der Waals surface area contributed by atoms with E-state index in [9.17, 15) is 9.59 Å². The summed E-state index contributed by atoms with van der Waals surface area (Å²) in [6.07, 6.45) is 0.407. The minimum Gasteiger partial charge on any atom is -0.481 e. The molecule has 0 fully saturated rings. The quantitative estimate of drug-likeness (QED) is 0.660. The summed E-state index contributed by atoms with van der Waals surface area (Å²) in [5.74, 6) is -1.61. The summed E-state index contributed by atoms with van der Waals surface area (Å²) >= 11 is 0. The number of carbonyl (C=O) groups is 2. The summed E-state index contributed by atoms with van der Waals surface area (Å²) in [5.41, 5.74) is 0. The average Bonchev–Trinajstić information content (AvgIpc) is 2.00. The van der Waals surface area contributed by atoms with Gasteiger partial charge in [0.05, 0.1) is 19.4 Å². The number of carbonyl (C=O) groups excluding carboxylic acids is 1. The highest BCUT2D eigenvalue weighted by Crippen LogP contribution is 2.16. The van der Waals surface area contributed by atoms with Crippen molar-refractivity contribution in [2.75, 3.05) is 7.11 Å². The number of carboxylic acids is 1. The number of rotatable bonds is 5. The average molecular weight is 188 g/mol. The van der Waals surface area contributed by atoms with E-state index < -0.39 is 17.9 Å². The molecule has 0 aromatic carbocycles. The lowest BCUT2D eigenvalue weighted by molar-refractivity contribution is -0.151. The summed E-state index contributed by atoms with van der Waals surface area (Å²) in [4.78, 5) is 21.5. The fourth-order valence-corrected chi connectivity index (χ4v) is 1.21. The lowest BCUT2D eigenvalue weighted by Crippen LogP contribution is -2.21. The van der Waals surface area contributed by atoms with Crippen LogP contribution in [0, 0.1) is 11.8 Å². The van der Waals surface area contributed by atoms with Gasteiger partial charge in [-0.1, -0.05) is 13.8 Å². The molecule has 0 aliphatic rings. The Morgan fingerprint density at radius 2 is 1.92 bits per heavy atom. The van der Waals surface area contributed by atoms with Gasteiger partial charge in [0.2, 0.25) is 0 Å². The van der Waals surface area contributed by atoms with Gasteiger partial charge in [-0.2, -0.15) is 0 Å². The first-order chi connectivity index (χ1) is 5.97. The van der Waals surface area contributed by atoms with Crippen molar-refractivity contribution in [3.05, 3.63) is 0 Å². The number of esters is 1. The van der Waals surface area contributed by atoms with Gasteiger partial charge in [0.15, 0.2) is 0 Å². The Bertz CT molecular complexity index is 186. The lowest BCUT2D eigenvalue weighted by Gasteiger charge is -2.14. The van der Waals surface area contributed by atoms with E-state index in [-0.39, 0.29) is 6.42 Å². The fraction of sp³-hybridized carbons (Fsp3) is 0.778. The molecule has 1 N–H and O–H groups in total. The van der Waals surface area contributed by atoms with Crippen LogP contribution in [-0.4, -0.2) is 24.2 Å². The van der Waals surface area contributed by atoms with Crippen molar-refractivity contribution in [2.24, 2.45) is 11.8 Å². The van der Waals surface area contributed by atoms with E-state index >= 15 is 0 Å². The van der Waals surface area contributed by atoms with Crippen LogP contribution in [0.15, 0.2) is 0 Å². The first-order valence-corrected chi connectivity index (χ1v) is 4.27. The fourth-order valence-electron chi connectivity index (χ4n) is 1.21. The second-order valence-corrected chi connectivity index (χ2v) is 3.45. The molecule has 0 saturated carbocycles. The Balaban J connectivity index is 4.18. The Hall–Kier alpha value is -1.06. The van der Waals surface area contributed by atoms with Crippen LogP contribution in [0.1, 0.15) is 26.7 Å². The molecular weight excluding hydrogens is 172 g/mol. The first-order valence-electron chi connectivity index (χ1n) is 4.27. The Labute approximate surface area is 77.9 Å². The minimum atomic E-state index is -0.962. The molecule has 76 valence electrons. The van der Waals surface area contributed by atoms with Gasteiger partial charge in [-0.15, -0.1) is 0 Å². The third kappa shape index (κ3) is 5.22. The van der Waals surface area contributed by atoms with Crippen LogP contribution in [0.25, 0.3) is 0 Å². The van der Waals surface area contributed by atoms with Crippen LogP contribution >= 0.6 is 0 Å². The van der Waals surface area contributed by atoms with E-state index in [0.29, 0.717) is 12.3 Å². The Morgan fingerprint density at radius 1 is 1.38 bits per heavy atom. The number of hydrogen-bond donors (Lipinski definition) is 1. The van der Waals surface area contributed by atoms with Gasteiger partial charge in [0.1, 0.15) is 0 Å². The number of methoxy groups -OCH3 is 1. The zero-order valence-corrected chi connectivity index (χ0v) is 8.24. The van der Waals surface area contributed by atoms with Gasteiger partial charge in [-0.25, -0.2) is 0 Å². The van der Waals surface area contributed by atoms with E-state index in [1.54, 1.807) is 0 Å². The van der Waals surface area contributed by atoms with Gasteiger partial charge in [0.25, 0.3) is 0 Å². The van der Waals surface area contributed by atoms with Gasteiger partial charge in [0, 0.05) is 0 Å². The highest BCUT2D eigenvalue weighted by molar-refractivity contribution is 5.78. The van der Waals surface area contributed by atoms with E-state index in [1.807, 2.05) is 13.8 Å². The largest absolute Gasteiger partial charge is 0.481 e. The molecule has 0 bridgehead atoms. The maximum Gasteiger partial charge on any atom is 0.309 e. The van der Waals surface area contributed by atoms with E-state index in [4.69, 9.17) is 5.11 Å². The van der Waals surface area contributed by atoms with Crippen molar-refractivity contribution in [2.45, 2.75) is 26.7 Å². The van der Waals surface area contributed by atoms with Crippen LogP contribution in [0.2, 0.25) is 0 Å². The molecule has 0 aliphatic heterocycles. The molecule has 0 aromatic rings. The van der Waals surface area contributed by atoms with Crippen molar-refractivity contribution < 1.29 is 19.4 Å². The monoisotopic (exact) mass is 188 g/mol. The van der Waals surface area contributed by atoms with Gasteiger partial charge < -0.3 is 9.84 Å².